The average Bonchev–Trinajstić information content (AvgIpc) is 3.16. The van der Waals surface area contributed by atoms with Gasteiger partial charge in [0.2, 0.25) is 0 Å². The molecule has 19 heavy (non-hydrogen) atoms. The van der Waals surface area contributed by atoms with Crippen LogP contribution in [0.2, 0.25) is 0 Å². The standard InChI is InChI=1S/C14H20N2O2S/c1-18-12-6-9-19-13(12)14(17)16-8-3-5-11(16)10-4-2-7-15-10/h6,9-11,15H,2-5,7-8H2,1H3. The first-order valence-electron chi connectivity index (χ1n) is 6.97. The third-order valence-corrected chi connectivity index (χ3v) is 5.05. The predicted molar refractivity (Wildman–Crippen MR) is 76.0 cm³/mol. The van der Waals surface area contributed by atoms with E-state index in [1.165, 1.54) is 24.2 Å². The number of ether oxygens (including phenoxy) is 1. The van der Waals surface area contributed by atoms with Crippen LogP contribution in [0.1, 0.15) is 35.4 Å². The molecule has 0 saturated carbocycles. The SMILES string of the molecule is COc1ccsc1C(=O)N1CCCC1C1CCCN1. The maximum Gasteiger partial charge on any atom is 0.268 e. The van der Waals surface area contributed by atoms with Crippen LogP contribution in [-0.2, 0) is 0 Å². The molecule has 2 aliphatic heterocycles. The van der Waals surface area contributed by atoms with E-state index in [0.29, 0.717) is 17.8 Å². The lowest BCUT2D eigenvalue weighted by atomic mass is 10.0. The third kappa shape index (κ3) is 2.37. The summed E-state index contributed by atoms with van der Waals surface area (Å²) in [7, 11) is 1.62. The van der Waals surface area contributed by atoms with Crippen molar-refractivity contribution in [2.24, 2.45) is 0 Å². The first-order valence-corrected chi connectivity index (χ1v) is 7.85. The van der Waals surface area contributed by atoms with Gasteiger partial charge in [-0.1, -0.05) is 0 Å². The molecule has 2 saturated heterocycles. The lowest BCUT2D eigenvalue weighted by molar-refractivity contribution is 0.0713. The number of methoxy groups -OCH3 is 1. The molecule has 1 N–H and O–H groups in total. The van der Waals surface area contributed by atoms with Gasteiger partial charge in [0.25, 0.3) is 5.91 Å². The number of hydrogen-bond donors (Lipinski definition) is 1. The second-order valence-corrected chi connectivity index (χ2v) is 6.15. The van der Waals surface area contributed by atoms with Crippen molar-refractivity contribution in [2.45, 2.75) is 37.8 Å². The Morgan fingerprint density at radius 1 is 1.47 bits per heavy atom. The summed E-state index contributed by atoms with van der Waals surface area (Å²) in [5, 5.41) is 5.46. The van der Waals surface area contributed by atoms with Gasteiger partial charge in [0.15, 0.2) is 0 Å². The Kier molecular flexibility index (Phi) is 3.75. The van der Waals surface area contributed by atoms with Crippen molar-refractivity contribution in [3.8, 4) is 5.75 Å². The molecule has 104 valence electrons. The minimum atomic E-state index is 0.142. The summed E-state index contributed by atoms with van der Waals surface area (Å²) in [6.45, 7) is 1.97. The van der Waals surface area contributed by atoms with E-state index >= 15 is 0 Å². The van der Waals surface area contributed by atoms with Gasteiger partial charge in [-0.3, -0.25) is 4.79 Å². The second kappa shape index (κ2) is 5.51. The first-order chi connectivity index (χ1) is 9.31. The summed E-state index contributed by atoms with van der Waals surface area (Å²) in [6, 6.07) is 2.72. The number of likely N-dealkylation sites (tertiary alicyclic amines) is 1. The van der Waals surface area contributed by atoms with Crippen molar-refractivity contribution < 1.29 is 9.53 Å². The summed E-state index contributed by atoms with van der Waals surface area (Å²) in [5.74, 6) is 0.850. The fourth-order valence-corrected chi connectivity index (χ4v) is 4.06. The van der Waals surface area contributed by atoms with Gasteiger partial charge in [-0.2, -0.15) is 0 Å². The van der Waals surface area contributed by atoms with Crippen molar-refractivity contribution in [1.29, 1.82) is 0 Å². The van der Waals surface area contributed by atoms with Gasteiger partial charge in [0.1, 0.15) is 10.6 Å². The largest absolute Gasteiger partial charge is 0.495 e. The van der Waals surface area contributed by atoms with E-state index in [1.54, 1.807) is 7.11 Å². The monoisotopic (exact) mass is 280 g/mol. The number of thiophene rings is 1. The fourth-order valence-electron chi connectivity index (χ4n) is 3.25. The van der Waals surface area contributed by atoms with E-state index in [2.05, 4.69) is 10.2 Å². The van der Waals surface area contributed by atoms with Crippen molar-refractivity contribution in [2.75, 3.05) is 20.2 Å². The van der Waals surface area contributed by atoms with Crippen LogP contribution >= 0.6 is 11.3 Å². The number of amides is 1. The molecule has 0 spiro atoms. The van der Waals surface area contributed by atoms with E-state index in [0.717, 1.165) is 30.8 Å². The topological polar surface area (TPSA) is 41.6 Å². The maximum atomic E-state index is 12.7. The summed E-state index contributed by atoms with van der Waals surface area (Å²) >= 11 is 1.48. The quantitative estimate of drug-likeness (QED) is 0.922. The van der Waals surface area contributed by atoms with Gasteiger partial charge in [-0.15, -0.1) is 11.3 Å². The normalized spacial score (nSPS) is 26.9. The van der Waals surface area contributed by atoms with Crippen LogP contribution in [0.5, 0.6) is 5.75 Å². The molecule has 1 aromatic heterocycles. The van der Waals surface area contributed by atoms with Crippen molar-refractivity contribution in [3.63, 3.8) is 0 Å². The molecule has 2 fully saturated rings. The van der Waals surface area contributed by atoms with Crippen LogP contribution in [0.15, 0.2) is 11.4 Å². The summed E-state index contributed by atoms with van der Waals surface area (Å²) < 4.78 is 5.27. The van der Waals surface area contributed by atoms with Crippen molar-refractivity contribution in [1.82, 2.24) is 10.2 Å². The molecule has 2 atom stereocenters. The van der Waals surface area contributed by atoms with Crippen LogP contribution in [-0.4, -0.2) is 43.1 Å². The molecule has 3 heterocycles. The van der Waals surface area contributed by atoms with E-state index < -0.39 is 0 Å². The molecule has 2 aliphatic rings. The number of nitrogens with one attached hydrogen (secondary N) is 1. The van der Waals surface area contributed by atoms with Crippen molar-refractivity contribution >= 4 is 17.2 Å². The highest BCUT2D eigenvalue weighted by atomic mass is 32.1. The fraction of sp³-hybridized carbons (Fsp3) is 0.643. The molecule has 2 unspecified atom stereocenters. The molecule has 0 bridgehead atoms. The lowest BCUT2D eigenvalue weighted by Crippen LogP contribution is -2.46. The minimum absolute atomic E-state index is 0.142. The summed E-state index contributed by atoms with van der Waals surface area (Å²) in [5.41, 5.74) is 0. The molecule has 5 heteroatoms. The number of nitrogens with zero attached hydrogens (tertiary/aromatic N) is 1. The number of carbonyl (C=O) groups is 1. The molecule has 3 rings (SSSR count). The van der Waals surface area contributed by atoms with E-state index in [1.807, 2.05) is 11.4 Å². The van der Waals surface area contributed by atoms with Crippen LogP contribution in [0.4, 0.5) is 0 Å². The molecule has 4 nitrogen and oxygen atoms in total. The number of hydrogen-bond acceptors (Lipinski definition) is 4. The molecule has 0 aromatic carbocycles. The van der Waals surface area contributed by atoms with Crippen LogP contribution in [0.25, 0.3) is 0 Å². The lowest BCUT2D eigenvalue weighted by Gasteiger charge is -2.29. The Morgan fingerprint density at radius 3 is 3.11 bits per heavy atom. The van der Waals surface area contributed by atoms with Gasteiger partial charge < -0.3 is 15.0 Å². The van der Waals surface area contributed by atoms with Crippen LogP contribution in [0, 0.1) is 0 Å². The zero-order valence-electron chi connectivity index (χ0n) is 11.2. The van der Waals surface area contributed by atoms with Crippen LogP contribution in [0.3, 0.4) is 0 Å². The van der Waals surface area contributed by atoms with Crippen LogP contribution < -0.4 is 10.1 Å². The molecular formula is C14H20N2O2S. The zero-order chi connectivity index (χ0) is 13.2. The highest BCUT2D eigenvalue weighted by Gasteiger charge is 2.37. The first kappa shape index (κ1) is 12.9. The van der Waals surface area contributed by atoms with Gasteiger partial charge in [-0.05, 0) is 43.7 Å². The highest BCUT2D eigenvalue weighted by Crippen LogP contribution is 2.31. The third-order valence-electron chi connectivity index (χ3n) is 4.17. The molecule has 0 radical (unpaired) electrons. The van der Waals surface area contributed by atoms with Crippen molar-refractivity contribution in [3.05, 3.63) is 16.3 Å². The van der Waals surface area contributed by atoms with Gasteiger partial charge in [0, 0.05) is 18.6 Å². The summed E-state index contributed by atoms with van der Waals surface area (Å²) in [6.07, 6.45) is 4.65. The number of rotatable bonds is 3. The van der Waals surface area contributed by atoms with E-state index in [9.17, 15) is 4.79 Å². The Labute approximate surface area is 117 Å². The van der Waals surface area contributed by atoms with Gasteiger partial charge >= 0.3 is 0 Å². The Bertz CT molecular complexity index is 454. The van der Waals surface area contributed by atoms with Gasteiger partial charge in [-0.25, -0.2) is 0 Å². The Hall–Kier alpha value is -1.07. The maximum absolute atomic E-state index is 12.7. The predicted octanol–water partition coefficient (Wildman–Crippen LogP) is 2.11. The van der Waals surface area contributed by atoms with E-state index in [4.69, 9.17) is 4.74 Å². The molecular weight excluding hydrogens is 260 g/mol. The smallest absolute Gasteiger partial charge is 0.268 e. The number of carbonyl (C=O) groups excluding carboxylic acids is 1. The summed E-state index contributed by atoms with van der Waals surface area (Å²) in [4.78, 5) is 15.5. The zero-order valence-corrected chi connectivity index (χ0v) is 12.0. The average molecular weight is 280 g/mol. The minimum Gasteiger partial charge on any atom is -0.495 e. The van der Waals surface area contributed by atoms with E-state index in [-0.39, 0.29) is 5.91 Å². The second-order valence-electron chi connectivity index (χ2n) is 5.23. The Balaban J connectivity index is 1.78. The highest BCUT2D eigenvalue weighted by molar-refractivity contribution is 7.12. The Morgan fingerprint density at radius 2 is 2.37 bits per heavy atom. The molecule has 0 aliphatic carbocycles. The molecule has 1 amide bonds. The molecule has 1 aromatic rings. The van der Waals surface area contributed by atoms with Gasteiger partial charge in [0.05, 0.1) is 7.11 Å².